The molecule has 0 radical (unpaired) electrons. The number of halogens is 1. The summed E-state index contributed by atoms with van der Waals surface area (Å²) >= 11 is 6.16. The van der Waals surface area contributed by atoms with Crippen LogP contribution in [0, 0.1) is 12.8 Å². The highest BCUT2D eigenvalue weighted by Gasteiger charge is 2.43. The van der Waals surface area contributed by atoms with Gasteiger partial charge in [0.15, 0.2) is 0 Å². The summed E-state index contributed by atoms with van der Waals surface area (Å²) in [7, 11) is 0. The van der Waals surface area contributed by atoms with Crippen LogP contribution in [0.5, 0.6) is 0 Å². The summed E-state index contributed by atoms with van der Waals surface area (Å²) in [5.41, 5.74) is 1.75. The van der Waals surface area contributed by atoms with Gasteiger partial charge >= 0.3 is 0 Å². The molecule has 2 saturated heterocycles. The third-order valence-electron chi connectivity index (χ3n) is 4.67. The lowest BCUT2D eigenvalue weighted by molar-refractivity contribution is -0.117. The van der Waals surface area contributed by atoms with Gasteiger partial charge in [0.05, 0.1) is 18.3 Å². The Labute approximate surface area is 124 Å². The summed E-state index contributed by atoms with van der Waals surface area (Å²) in [6.45, 7) is 4.09. The Morgan fingerprint density at radius 2 is 2.25 bits per heavy atom. The van der Waals surface area contributed by atoms with Crippen LogP contribution >= 0.6 is 11.6 Å². The second kappa shape index (κ2) is 5.64. The third kappa shape index (κ3) is 2.60. The number of aliphatic hydroxyl groups excluding tert-OH is 1. The zero-order chi connectivity index (χ0) is 14.2. The molecule has 2 heterocycles. The number of rotatable bonds is 2. The van der Waals surface area contributed by atoms with Gasteiger partial charge in [-0.2, -0.15) is 0 Å². The van der Waals surface area contributed by atoms with E-state index in [1.165, 1.54) is 0 Å². The van der Waals surface area contributed by atoms with E-state index in [1.54, 1.807) is 0 Å². The summed E-state index contributed by atoms with van der Waals surface area (Å²) in [6, 6.07) is 5.74. The van der Waals surface area contributed by atoms with E-state index in [2.05, 4.69) is 0 Å². The minimum Gasteiger partial charge on any atom is -0.388 e. The van der Waals surface area contributed by atoms with Gasteiger partial charge in [0.1, 0.15) is 0 Å². The van der Waals surface area contributed by atoms with E-state index in [4.69, 9.17) is 21.1 Å². The number of benzene rings is 1. The smallest absolute Gasteiger partial charge is 0.0940 e. The molecule has 0 amide bonds. The third-order valence-corrected chi connectivity index (χ3v) is 5.08. The van der Waals surface area contributed by atoms with Crippen LogP contribution in [0.25, 0.3) is 0 Å². The van der Waals surface area contributed by atoms with E-state index in [0.29, 0.717) is 18.2 Å². The lowest BCUT2D eigenvalue weighted by Gasteiger charge is -2.39. The van der Waals surface area contributed by atoms with Crippen molar-refractivity contribution < 1.29 is 14.6 Å². The molecule has 1 spiro atoms. The summed E-state index contributed by atoms with van der Waals surface area (Å²) in [4.78, 5) is 0. The first kappa shape index (κ1) is 14.3. The van der Waals surface area contributed by atoms with Crippen LogP contribution in [0.1, 0.15) is 36.5 Å². The Kier molecular flexibility index (Phi) is 4.04. The predicted molar refractivity (Wildman–Crippen MR) is 78.0 cm³/mol. The number of hydrogen-bond donors (Lipinski definition) is 1. The highest BCUT2D eigenvalue weighted by atomic mass is 35.5. The molecule has 4 heteroatoms. The largest absolute Gasteiger partial charge is 0.388 e. The minimum absolute atomic E-state index is 0.170. The maximum atomic E-state index is 10.7. The predicted octanol–water partition coefficient (Wildman–Crippen LogP) is 3.27. The molecule has 1 aromatic rings. The molecule has 3 nitrogen and oxygen atoms in total. The topological polar surface area (TPSA) is 38.7 Å². The molecule has 3 unspecified atom stereocenters. The van der Waals surface area contributed by atoms with Crippen molar-refractivity contribution in [2.75, 3.05) is 19.8 Å². The molecule has 1 aromatic carbocycles. The fourth-order valence-corrected chi connectivity index (χ4v) is 3.58. The van der Waals surface area contributed by atoms with Crippen molar-refractivity contribution in [2.24, 2.45) is 5.92 Å². The Hall–Kier alpha value is -0.610. The molecule has 1 N–H and O–H groups in total. The second-order valence-corrected chi connectivity index (χ2v) is 6.39. The summed E-state index contributed by atoms with van der Waals surface area (Å²) in [5.74, 6) is 0.211. The fourth-order valence-electron chi connectivity index (χ4n) is 3.40. The Morgan fingerprint density at radius 3 is 3.00 bits per heavy atom. The molecule has 3 atom stereocenters. The fraction of sp³-hybridized carbons (Fsp3) is 0.625. The average Bonchev–Trinajstić information content (AvgIpc) is 2.89. The molecule has 3 rings (SSSR count). The van der Waals surface area contributed by atoms with Gasteiger partial charge in [-0.25, -0.2) is 0 Å². The van der Waals surface area contributed by atoms with E-state index in [-0.39, 0.29) is 11.5 Å². The van der Waals surface area contributed by atoms with Crippen LogP contribution in [0.3, 0.4) is 0 Å². The number of ether oxygens (including phenoxy) is 2. The van der Waals surface area contributed by atoms with Gasteiger partial charge in [-0.1, -0.05) is 23.7 Å². The second-order valence-electron chi connectivity index (χ2n) is 5.99. The van der Waals surface area contributed by atoms with Crippen molar-refractivity contribution in [1.82, 2.24) is 0 Å². The lowest BCUT2D eigenvalue weighted by atomic mass is 9.79. The molecule has 110 valence electrons. The molecule has 0 bridgehead atoms. The number of aliphatic hydroxyl groups is 1. The van der Waals surface area contributed by atoms with Gasteiger partial charge in [-0.05, 0) is 42.9 Å². The van der Waals surface area contributed by atoms with Crippen molar-refractivity contribution in [3.05, 3.63) is 34.3 Å². The van der Waals surface area contributed by atoms with Crippen LogP contribution < -0.4 is 0 Å². The summed E-state index contributed by atoms with van der Waals surface area (Å²) in [6.07, 6.45) is 2.20. The van der Waals surface area contributed by atoms with Crippen LogP contribution in [0.2, 0.25) is 5.02 Å². The molecular weight excluding hydrogens is 276 g/mol. The quantitative estimate of drug-likeness (QED) is 0.910. The maximum absolute atomic E-state index is 10.7. The Balaban J connectivity index is 1.79. The first-order valence-electron chi connectivity index (χ1n) is 7.26. The zero-order valence-electron chi connectivity index (χ0n) is 11.8. The van der Waals surface area contributed by atoms with Gasteiger partial charge in [0, 0.05) is 24.7 Å². The lowest BCUT2D eigenvalue weighted by Crippen LogP contribution is -2.42. The highest BCUT2D eigenvalue weighted by Crippen LogP contribution is 2.41. The molecule has 20 heavy (non-hydrogen) atoms. The molecule has 2 fully saturated rings. The van der Waals surface area contributed by atoms with Gasteiger partial charge in [0.2, 0.25) is 0 Å². The van der Waals surface area contributed by atoms with Crippen molar-refractivity contribution in [1.29, 1.82) is 0 Å². The standard InChI is InChI=1S/C16H21ClO3/c1-11-13(3-2-4-14(11)17)15(18)12-5-7-20-16(9-12)6-8-19-10-16/h2-4,12,15,18H,5-10H2,1H3. The van der Waals surface area contributed by atoms with Crippen molar-refractivity contribution >= 4 is 11.6 Å². The van der Waals surface area contributed by atoms with Crippen molar-refractivity contribution in [3.8, 4) is 0 Å². The number of hydrogen-bond acceptors (Lipinski definition) is 3. The summed E-state index contributed by atoms with van der Waals surface area (Å²) < 4.78 is 11.4. The molecular formula is C16H21ClO3. The summed E-state index contributed by atoms with van der Waals surface area (Å²) in [5, 5.41) is 11.5. The van der Waals surface area contributed by atoms with Gasteiger partial charge in [-0.3, -0.25) is 0 Å². The van der Waals surface area contributed by atoms with Crippen molar-refractivity contribution in [3.63, 3.8) is 0 Å². The van der Waals surface area contributed by atoms with Crippen LogP contribution in [-0.4, -0.2) is 30.5 Å². The molecule has 0 aromatic heterocycles. The first-order chi connectivity index (χ1) is 9.61. The minimum atomic E-state index is -0.477. The van der Waals surface area contributed by atoms with Crippen LogP contribution in [0.15, 0.2) is 18.2 Å². The van der Waals surface area contributed by atoms with Gasteiger partial charge in [-0.15, -0.1) is 0 Å². The van der Waals surface area contributed by atoms with E-state index in [9.17, 15) is 5.11 Å². The zero-order valence-corrected chi connectivity index (χ0v) is 12.5. The van der Waals surface area contributed by atoms with E-state index in [1.807, 2.05) is 25.1 Å². The van der Waals surface area contributed by atoms with E-state index < -0.39 is 6.10 Å². The van der Waals surface area contributed by atoms with Gasteiger partial charge < -0.3 is 14.6 Å². The van der Waals surface area contributed by atoms with Gasteiger partial charge in [0.25, 0.3) is 0 Å². The SMILES string of the molecule is Cc1c(Cl)cccc1C(O)C1CCOC2(CCOC2)C1. The monoisotopic (exact) mass is 296 g/mol. The highest BCUT2D eigenvalue weighted by molar-refractivity contribution is 6.31. The maximum Gasteiger partial charge on any atom is 0.0940 e. The molecule has 2 aliphatic rings. The van der Waals surface area contributed by atoms with Crippen LogP contribution in [-0.2, 0) is 9.47 Å². The molecule has 0 saturated carbocycles. The van der Waals surface area contributed by atoms with E-state index >= 15 is 0 Å². The van der Waals surface area contributed by atoms with Crippen molar-refractivity contribution in [2.45, 2.75) is 37.9 Å². The normalized spacial score (nSPS) is 31.6. The Morgan fingerprint density at radius 1 is 1.40 bits per heavy atom. The van der Waals surface area contributed by atoms with Crippen LogP contribution in [0.4, 0.5) is 0 Å². The molecule has 0 aliphatic carbocycles. The first-order valence-corrected chi connectivity index (χ1v) is 7.64. The average molecular weight is 297 g/mol. The van der Waals surface area contributed by atoms with E-state index in [0.717, 1.165) is 37.0 Å². The molecule has 2 aliphatic heterocycles. The Bertz CT molecular complexity index is 483.